The molecular weight excluding hydrogens is 248 g/mol. The minimum atomic E-state index is -0.228. The molecule has 0 heterocycles. The van der Waals surface area contributed by atoms with Crippen LogP contribution in [0.25, 0.3) is 0 Å². The zero-order valence-electron chi connectivity index (χ0n) is 13.6. The van der Waals surface area contributed by atoms with E-state index in [1.54, 1.807) is 6.92 Å². The second-order valence-corrected chi connectivity index (χ2v) is 6.46. The van der Waals surface area contributed by atoms with Crippen molar-refractivity contribution < 1.29 is 9.53 Å². The van der Waals surface area contributed by atoms with Crippen molar-refractivity contribution in [2.75, 3.05) is 6.61 Å². The van der Waals surface area contributed by atoms with Crippen LogP contribution in [0.2, 0.25) is 0 Å². The summed E-state index contributed by atoms with van der Waals surface area (Å²) in [5.41, 5.74) is 4.22. The fraction of sp³-hybridized carbons (Fsp3) is 0.500. The number of carbonyl (C=O) groups is 1. The molecule has 1 rings (SSSR count). The lowest BCUT2D eigenvalue weighted by molar-refractivity contribution is -0.118. The molecule has 0 aromatic heterocycles. The maximum atomic E-state index is 11.5. The number of hydrogen-bond acceptors (Lipinski definition) is 2. The normalized spacial score (nSPS) is 11.3. The van der Waals surface area contributed by atoms with Gasteiger partial charge in [0.25, 0.3) is 0 Å². The number of hydrogen-bond donors (Lipinski definition) is 0. The van der Waals surface area contributed by atoms with E-state index in [-0.39, 0.29) is 11.2 Å². The molecule has 1 aromatic carbocycles. The molecular formula is C18H26O2. The van der Waals surface area contributed by atoms with Gasteiger partial charge in [0.05, 0.1) is 0 Å². The molecule has 0 aliphatic rings. The van der Waals surface area contributed by atoms with Crippen LogP contribution in [0.4, 0.5) is 0 Å². The van der Waals surface area contributed by atoms with E-state index >= 15 is 0 Å². The highest BCUT2D eigenvalue weighted by Crippen LogP contribution is 2.38. The van der Waals surface area contributed by atoms with Crippen LogP contribution in [0.3, 0.4) is 0 Å². The summed E-state index contributed by atoms with van der Waals surface area (Å²) in [6.45, 7) is 16.3. The Balaban J connectivity index is 3.28. The van der Waals surface area contributed by atoms with Gasteiger partial charge in [0.2, 0.25) is 0 Å². The molecule has 0 radical (unpaired) electrons. The summed E-state index contributed by atoms with van der Waals surface area (Å²) in [6, 6.07) is 4.19. The van der Waals surface area contributed by atoms with E-state index in [1.165, 1.54) is 11.1 Å². The zero-order chi connectivity index (χ0) is 15.5. The van der Waals surface area contributed by atoms with Crippen molar-refractivity contribution in [2.45, 2.75) is 53.4 Å². The van der Waals surface area contributed by atoms with Crippen molar-refractivity contribution >= 4 is 5.78 Å². The van der Waals surface area contributed by atoms with Crippen molar-refractivity contribution in [3.05, 3.63) is 41.0 Å². The first-order chi connectivity index (χ1) is 9.13. The van der Waals surface area contributed by atoms with Gasteiger partial charge in [0.1, 0.15) is 18.1 Å². The molecule has 0 unspecified atom stereocenters. The highest BCUT2D eigenvalue weighted by molar-refractivity contribution is 5.77. The van der Waals surface area contributed by atoms with Crippen LogP contribution in [0.5, 0.6) is 5.75 Å². The fourth-order valence-electron chi connectivity index (χ4n) is 2.82. The van der Waals surface area contributed by atoms with E-state index in [0.717, 1.165) is 16.9 Å². The van der Waals surface area contributed by atoms with Gasteiger partial charge < -0.3 is 4.74 Å². The largest absolute Gasteiger partial charge is 0.489 e. The highest BCUT2D eigenvalue weighted by atomic mass is 16.5. The van der Waals surface area contributed by atoms with Gasteiger partial charge in [-0.15, -0.1) is 0 Å². The summed E-state index contributed by atoms with van der Waals surface area (Å²) >= 11 is 0. The molecule has 2 nitrogen and oxygen atoms in total. The second-order valence-electron chi connectivity index (χ2n) is 6.46. The Morgan fingerprint density at radius 1 is 1.25 bits per heavy atom. The summed E-state index contributed by atoms with van der Waals surface area (Å²) in [5, 5.41) is 0. The first-order valence-corrected chi connectivity index (χ1v) is 7.02. The van der Waals surface area contributed by atoms with Crippen LogP contribution in [0.1, 0.15) is 50.8 Å². The summed E-state index contributed by atoms with van der Waals surface area (Å²) in [5.74, 6) is 1.07. The Morgan fingerprint density at radius 3 is 2.35 bits per heavy atom. The molecule has 110 valence electrons. The smallest absolute Gasteiger partial charge is 0.130 e. The zero-order valence-corrected chi connectivity index (χ0v) is 13.6. The van der Waals surface area contributed by atoms with Gasteiger partial charge >= 0.3 is 0 Å². The standard InChI is InChI=1S/C18H26O2/c1-12(2)11-20-16-9-13(3)8-14(4)17(16)18(6,7)10-15(5)19/h8-9H,1,10-11H2,2-7H3. The molecule has 0 atom stereocenters. The van der Waals surface area contributed by atoms with Crippen LogP contribution in [-0.2, 0) is 10.2 Å². The molecule has 0 amide bonds. The number of aryl methyl sites for hydroxylation is 2. The third-order valence-corrected chi connectivity index (χ3v) is 3.29. The lowest BCUT2D eigenvalue weighted by Gasteiger charge is -2.29. The lowest BCUT2D eigenvalue weighted by atomic mass is 9.77. The Bertz CT molecular complexity index is 524. The summed E-state index contributed by atoms with van der Waals surface area (Å²) in [6.07, 6.45) is 0.514. The molecule has 0 N–H and O–H groups in total. The van der Waals surface area contributed by atoms with E-state index in [4.69, 9.17) is 4.74 Å². The van der Waals surface area contributed by atoms with Gasteiger partial charge in [-0.1, -0.05) is 26.5 Å². The van der Waals surface area contributed by atoms with Gasteiger partial charge in [-0.05, 0) is 50.5 Å². The highest BCUT2D eigenvalue weighted by Gasteiger charge is 2.28. The van der Waals surface area contributed by atoms with E-state index in [0.29, 0.717) is 13.0 Å². The van der Waals surface area contributed by atoms with Crippen molar-refractivity contribution in [1.82, 2.24) is 0 Å². The minimum absolute atomic E-state index is 0.195. The van der Waals surface area contributed by atoms with Crippen molar-refractivity contribution in [3.63, 3.8) is 0 Å². The summed E-state index contributed by atoms with van der Waals surface area (Å²) < 4.78 is 5.92. The van der Waals surface area contributed by atoms with Crippen molar-refractivity contribution in [2.24, 2.45) is 0 Å². The van der Waals surface area contributed by atoms with Crippen LogP contribution >= 0.6 is 0 Å². The molecule has 2 heteroatoms. The molecule has 20 heavy (non-hydrogen) atoms. The van der Waals surface area contributed by atoms with Crippen LogP contribution < -0.4 is 4.74 Å². The van der Waals surface area contributed by atoms with Crippen molar-refractivity contribution in [1.29, 1.82) is 0 Å². The van der Waals surface area contributed by atoms with Gasteiger partial charge in [-0.25, -0.2) is 0 Å². The average Bonchev–Trinajstić information content (AvgIpc) is 2.22. The quantitative estimate of drug-likeness (QED) is 0.713. The molecule has 0 fully saturated rings. The molecule has 0 bridgehead atoms. The maximum absolute atomic E-state index is 11.5. The topological polar surface area (TPSA) is 26.3 Å². The SMILES string of the molecule is C=C(C)COc1cc(C)cc(C)c1C(C)(C)CC(C)=O. The third kappa shape index (κ3) is 4.22. The van der Waals surface area contributed by atoms with E-state index in [1.807, 2.05) is 13.0 Å². The number of ketones is 1. The van der Waals surface area contributed by atoms with Crippen LogP contribution in [0.15, 0.2) is 24.3 Å². The van der Waals surface area contributed by atoms with E-state index in [9.17, 15) is 4.79 Å². The first-order valence-electron chi connectivity index (χ1n) is 7.02. The average molecular weight is 274 g/mol. The molecule has 1 aromatic rings. The maximum Gasteiger partial charge on any atom is 0.130 e. The minimum Gasteiger partial charge on any atom is -0.489 e. The molecule has 0 spiro atoms. The number of rotatable bonds is 6. The molecule has 0 saturated heterocycles. The number of carbonyl (C=O) groups excluding carboxylic acids is 1. The van der Waals surface area contributed by atoms with Crippen molar-refractivity contribution in [3.8, 4) is 5.75 Å². The third-order valence-electron chi connectivity index (χ3n) is 3.29. The van der Waals surface area contributed by atoms with E-state index in [2.05, 4.69) is 40.3 Å². The predicted molar refractivity (Wildman–Crippen MR) is 84.5 cm³/mol. The molecule has 0 saturated carbocycles. The van der Waals surface area contributed by atoms with Gasteiger partial charge in [-0.3, -0.25) is 4.79 Å². The van der Waals surface area contributed by atoms with Gasteiger partial charge in [-0.2, -0.15) is 0 Å². The fourth-order valence-corrected chi connectivity index (χ4v) is 2.82. The predicted octanol–water partition coefficient (Wildman–Crippen LogP) is 4.52. The molecule has 0 aliphatic carbocycles. The van der Waals surface area contributed by atoms with Crippen LogP contribution in [0, 0.1) is 13.8 Å². The van der Waals surface area contributed by atoms with Gasteiger partial charge in [0.15, 0.2) is 0 Å². The van der Waals surface area contributed by atoms with E-state index < -0.39 is 0 Å². The first kappa shape index (κ1) is 16.5. The Labute approximate surface area is 122 Å². The monoisotopic (exact) mass is 274 g/mol. The number of ether oxygens (including phenoxy) is 1. The Kier molecular flexibility index (Phi) is 5.15. The Hall–Kier alpha value is -1.57. The number of benzene rings is 1. The molecule has 0 aliphatic heterocycles. The lowest BCUT2D eigenvalue weighted by Crippen LogP contribution is -2.23. The van der Waals surface area contributed by atoms with Crippen LogP contribution in [-0.4, -0.2) is 12.4 Å². The Morgan fingerprint density at radius 2 is 1.85 bits per heavy atom. The summed E-state index contributed by atoms with van der Waals surface area (Å²) in [7, 11) is 0. The van der Waals surface area contributed by atoms with Gasteiger partial charge in [0, 0.05) is 17.4 Å². The summed E-state index contributed by atoms with van der Waals surface area (Å²) in [4.78, 5) is 11.5. The number of Topliss-reactive ketones (excluding diaryl/α,β-unsaturated/α-hetero) is 1. The second kappa shape index (κ2) is 6.25.